The lowest BCUT2D eigenvalue weighted by Gasteiger charge is -2.27. The summed E-state index contributed by atoms with van der Waals surface area (Å²) in [6.07, 6.45) is -0.420. The van der Waals surface area contributed by atoms with Crippen LogP contribution in [0, 0.1) is 5.92 Å². The van der Waals surface area contributed by atoms with Crippen LogP contribution in [0.4, 0.5) is 4.79 Å². The van der Waals surface area contributed by atoms with Gasteiger partial charge in [0.2, 0.25) is 5.91 Å². The molecule has 1 saturated heterocycles. The molecular formula is C17H21ClN2O4. The second-order valence-electron chi connectivity index (χ2n) is 6.43. The molecule has 2 amide bonds. The Morgan fingerprint density at radius 1 is 1.38 bits per heavy atom. The second kappa shape index (κ2) is 6.89. The molecule has 3 rings (SSSR count). The Morgan fingerprint density at radius 2 is 2.17 bits per heavy atom. The molecule has 7 heteroatoms. The molecule has 1 atom stereocenters. The van der Waals surface area contributed by atoms with Crippen molar-refractivity contribution in [3.8, 4) is 5.75 Å². The lowest BCUT2D eigenvalue weighted by Crippen LogP contribution is -2.45. The highest BCUT2D eigenvalue weighted by Gasteiger charge is 2.37. The Balaban J connectivity index is 1.72. The first kappa shape index (κ1) is 16.9. The number of rotatable bonds is 3. The quantitative estimate of drug-likeness (QED) is 0.838. The van der Waals surface area contributed by atoms with E-state index in [4.69, 9.17) is 21.1 Å². The van der Waals surface area contributed by atoms with E-state index in [2.05, 4.69) is 0 Å². The number of hydrogen-bond donors (Lipinski definition) is 0. The van der Waals surface area contributed by atoms with Gasteiger partial charge >= 0.3 is 6.09 Å². The zero-order valence-corrected chi connectivity index (χ0v) is 14.6. The first-order valence-corrected chi connectivity index (χ1v) is 8.46. The van der Waals surface area contributed by atoms with E-state index in [1.54, 1.807) is 11.0 Å². The number of hydrogen-bond acceptors (Lipinski definition) is 4. The van der Waals surface area contributed by atoms with Gasteiger partial charge in [0.1, 0.15) is 25.5 Å². The summed E-state index contributed by atoms with van der Waals surface area (Å²) in [4.78, 5) is 27.8. The molecule has 2 heterocycles. The van der Waals surface area contributed by atoms with Crippen LogP contribution >= 0.6 is 11.6 Å². The largest absolute Gasteiger partial charge is 0.491 e. The van der Waals surface area contributed by atoms with E-state index < -0.39 is 6.09 Å². The molecule has 2 aliphatic rings. The average molecular weight is 353 g/mol. The third-order valence-corrected chi connectivity index (χ3v) is 4.68. The molecule has 1 fully saturated rings. The molecule has 1 aromatic rings. The van der Waals surface area contributed by atoms with Gasteiger partial charge in [0.05, 0.1) is 12.6 Å². The number of nitrogens with zero attached hydrogens (tertiary/aromatic N) is 2. The minimum Gasteiger partial charge on any atom is -0.491 e. The van der Waals surface area contributed by atoms with Crippen LogP contribution in [0.5, 0.6) is 5.75 Å². The van der Waals surface area contributed by atoms with Crippen molar-refractivity contribution in [3.05, 3.63) is 28.8 Å². The van der Waals surface area contributed by atoms with Crippen molar-refractivity contribution >= 4 is 23.6 Å². The van der Waals surface area contributed by atoms with E-state index in [9.17, 15) is 9.59 Å². The Morgan fingerprint density at radius 3 is 2.92 bits per heavy atom. The minimum atomic E-state index is -0.420. The summed E-state index contributed by atoms with van der Waals surface area (Å²) >= 11 is 6.04. The van der Waals surface area contributed by atoms with Crippen molar-refractivity contribution in [3.63, 3.8) is 0 Å². The summed E-state index contributed by atoms with van der Waals surface area (Å²) in [6.45, 7) is 5.70. The number of ether oxygens (including phenoxy) is 2. The first-order valence-electron chi connectivity index (χ1n) is 8.08. The SMILES string of the molecule is CC(C)[C@H]1COC(=O)N1CC(=O)N1CCOc2ccc(Cl)cc2C1. The lowest BCUT2D eigenvalue weighted by atomic mass is 10.0. The molecule has 0 bridgehead atoms. The van der Waals surface area contributed by atoms with Gasteiger partial charge < -0.3 is 14.4 Å². The molecule has 0 N–H and O–H groups in total. The van der Waals surface area contributed by atoms with E-state index >= 15 is 0 Å². The highest BCUT2D eigenvalue weighted by atomic mass is 35.5. The van der Waals surface area contributed by atoms with Crippen molar-refractivity contribution in [2.45, 2.75) is 26.4 Å². The summed E-state index contributed by atoms with van der Waals surface area (Å²) in [5.74, 6) is 0.863. The van der Waals surface area contributed by atoms with Gasteiger partial charge in [-0.15, -0.1) is 0 Å². The third-order valence-electron chi connectivity index (χ3n) is 4.44. The number of halogens is 1. The Labute approximate surface area is 146 Å². The monoisotopic (exact) mass is 352 g/mol. The van der Waals surface area contributed by atoms with Crippen LogP contribution in [0.25, 0.3) is 0 Å². The maximum absolute atomic E-state index is 12.7. The maximum atomic E-state index is 12.7. The average Bonchev–Trinajstić information content (AvgIpc) is 2.77. The molecule has 130 valence electrons. The summed E-state index contributed by atoms with van der Waals surface area (Å²) in [7, 11) is 0. The Hall–Kier alpha value is -1.95. The second-order valence-corrected chi connectivity index (χ2v) is 6.87. The van der Waals surface area contributed by atoms with E-state index in [-0.39, 0.29) is 24.4 Å². The molecule has 2 aliphatic heterocycles. The fourth-order valence-electron chi connectivity index (χ4n) is 3.02. The summed E-state index contributed by atoms with van der Waals surface area (Å²) in [5, 5.41) is 0.606. The number of carbonyl (C=O) groups excluding carboxylic acids is 2. The topological polar surface area (TPSA) is 59.1 Å². The molecule has 0 saturated carbocycles. The maximum Gasteiger partial charge on any atom is 0.410 e. The highest BCUT2D eigenvalue weighted by molar-refractivity contribution is 6.30. The van der Waals surface area contributed by atoms with Crippen LogP contribution < -0.4 is 4.74 Å². The number of cyclic esters (lactones) is 1. The number of benzene rings is 1. The molecule has 0 aliphatic carbocycles. The zero-order valence-electron chi connectivity index (χ0n) is 13.8. The predicted octanol–water partition coefficient (Wildman–Crippen LogP) is 2.54. The lowest BCUT2D eigenvalue weighted by molar-refractivity contribution is -0.132. The van der Waals surface area contributed by atoms with Gasteiger partial charge in [-0.1, -0.05) is 25.4 Å². The van der Waals surface area contributed by atoms with Crippen molar-refractivity contribution in [2.24, 2.45) is 5.92 Å². The molecule has 24 heavy (non-hydrogen) atoms. The molecule has 0 radical (unpaired) electrons. The Kier molecular flexibility index (Phi) is 4.85. The smallest absolute Gasteiger partial charge is 0.410 e. The molecule has 1 aromatic carbocycles. The van der Waals surface area contributed by atoms with Crippen LogP contribution in [0.3, 0.4) is 0 Å². The number of fused-ring (bicyclic) bond motifs is 1. The van der Waals surface area contributed by atoms with E-state index in [0.717, 1.165) is 11.3 Å². The third kappa shape index (κ3) is 3.43. The molecule has 0 aromatic heterocycles. The van der Waals surface area contributed by atoms with Crippen LogP contribution in [0.15, 0.2) is 18.2 Å². The molecule has 0 spiro atoms. The van der Waals surface area contributed by atoms with Gasteiger partial charge in [0.25, 0.3) is 0 Å². The van der Waals surface area contributed by atoms with Gasteiger partial charge in [-0.2, -0.15) is 0 Å². The van der Waals surface area contributed by atoms with Gasteiger partial charge in [-0.05, 0) is 24.1 Å². The first-order chi connectivity index (χ1) is 11.5. The fourth-order valence-corrected chi connectivity index (χ4v) is 3.22. The van der Waals surface area contributed by atoms with Crippen LogP contribution in [0.2, 0.25) is 5.02 Å². The van der Waals surface area contributed by atoms with Gasteiger partial charge in [0.15, 0.2) is 0 Å². The van der Waals surface area contributed by atoms with E-state index in [1.807, 2.05) is 26.0 Å². The van der Waals surface area contributed by atoms with Crippen LogP contribution in [-0.2, 0) is 16.1 Å². The van der Waals surface area contributed by atoms with E-state index in [1.165, 1.54) is 4.90 Å². The van der Waals surface area contributed by atoms with E-state index in [0.29, 0.717) is 31.3 Å². The van der Waals surface area contributed by atoms with Crippen LogP contribution in [0.1, 0.15) is 19.4 Å². The van der Waals surface area contributed by atoms with Gasteiger partial charge in [0, 0.05) is 17.1 Å². The number of carbonyl (C=O) groups is 2. The van der Waals surface area contributed by atoms with Crippen molar-refractivity contribution in [2.75, 3.05) is 26.3 Å². The normalized spacial score (nSPS) is 20.5. The van der Waals surface area contributed by atoms with Crippen molar-refractivity contribution in [1.29, 1.82) is 0 Å². The molecular weight excluding hydrogens is 332 g/mol. The summed E-state index contributed by atoms with van der Waals surface area (Å²) in [6, 6.07) is 5.33. The fraction of sp³-hybridized carbons (Fsp3) is 0.529. The molecule has 0 unspecified atom stereocenters. The predicted molar refractivity (Wildman–Crippen MR) is 89.0 cm³/mol. The van der Waals surface area contributed by atoms with Crippen molar-refractivity contribution in [1.82, 2.24) is 9.80 Å². The zero-order chi connectivity index (χ0) is 17.3. The van der Waals surface area contributed by atoms with Gasteiger partial charge in [-0.3, -0.25) is 9.69 Å². The van der Waals surface area contributed by atoms with Crippen molar-refractivity contribution < 1.29 is 19.1 Å². The highest BCUT2D eigenvalue weighted by Crippen LogP contribution is 2.27. The summed E-state index contributed by atoms with van der Waals surface area (Å²) < 4.78 is 10.8. The minimum absolute atomic E-state index is 0.0254. The Bertz CT molecular complexity index is 649. The summed E-state index contributed by atoms with van der Waals surface area (Å²) in [5.41, 5.74) is 0.873. The standard InChI is InChI=1S/C17H21ClN2O4/c1-11(2)14-10-24-17(22)20(14)9-16(21)19-5-6-23-15-4-3-13(18)7-12(15)8-19/h3-4,7,11,14H,5-6,8-10H2,1-2H3/t14-/m1/s1. The van der Waals surface area contributed by atoms with Crippen LogP contribution in [-0.4, -0.2) is 54.1 Å². The molecule has 6 nitrogen and oxygen atoms in total. The number of amides is 2. The van der Waals surface area contributed by atoms with Gasteiger partial charge in [-0.25, -0.2) is 4.79 Å².